The van der Waals surface area contributed by atoms with Crippen LogP contribution in [0.4, 0.5) is 8.78 Å². The summed E-state index contributed by atoms with van der Waals surface area (Å²) in [4.78, 5) is 0. The summed E-state index contributed by atoms with van der Waals surface area (Å²) >= 11 is 0. The normalized spacial score (nSPS) is 12.4. The lowest BCUT2D eigenvalue weighted by molar-refractivity contribution is 0.113. The molecule has 0 aliphatic rings. The van der Waals surface area contributed by atoms with Gasteiger partial charge in [-0.05, 0) is 20.8 Å². The molecule has 6 heteroatoms. The summed E-state index contributed by atoms with van der Waals surface area (Å²) in [7, 11) is 0. The van der Waals surface area contributed by atoms with Gasteiger partial charge in [0.25, 0.3) is 5.89 Å². The van der Waals surface area contributed by atoms with Gasteiger partial charge in [0.05, 0.1) is 0 Å². The molecule has 0 aliphatic heterocycles. The van der Waals surface area contributed by atoms with Crippen LogP contribution in [0.2, 0.25) is 0 Å². The average Bonchev–Trinajstić information content (AvgIpc) is 2.50. The maximum Gasteiger partial charge on any atom is 0.314 e. The van der Waals surface area contributed by atoms with Crippen molar-refractivity contribution in [3.8, 4) is 0 Å². The van der Waals surface area contributed by atoms with Crippen LogP contribution in [0.3, 0.4) is 0 Å². The molecular formula is C9H15F2N3O. The van der Waals surface area contributed by atoms with E-state index in [-0.39, 0.29) is 11.4 Å². The van der Waals surface area contributed by atoms with E-state index >= 15 is 0 Å². The van der Waals surface area contributed by atoms with E-state index in [4.69, 9.17) is 4.42 Å². The third-order valence-electron chi connectivity index (χ3n) is 1.66. The summed E-state index contributed by atoms with van der Waals surface area (Å²) in [5.41, 5.74) is -0.00837. The highest BCUT2D eigenvalue weighted by Gasteiger charge is 2.16. The molecule has 1 rings (SSSR count). The molecule has 0 aliphatic carbocycles. The Morgan fingerprint density at radius 3 is 2.47 bits per heavy atom. The molecule has 0 atom stereocenters. The highest BCUT2D eigenvalue weighted by Crippen LogP contribution is 2.16. The number of hydrogen-bond donors (Lipinski definition) is 1. The molecule has 0 amide bonds. The van der Waals surface area contributed by atoms with Crippen LogP contribution in [0, 0.1) is 0 Å². The van der Waals surface area contributed by atoms with Crippen LogP contribution in [0.1, 0.15) is 39.0 Å². The molecule has 1 aromatic heterocycles. The Morgan fingerprint density at radius 1 is 1.33 bits per heavy atom. The number of nitrogens with one attached hydrogen (secondary N) is 1. The van der Waals surface area contributed by atoms with Crippen molar-refractivity contribution >= 4 is 0 Å². The molecule has 0 saturated heterocycles. The quantitative estimate of drug-likeness (QED) is 0.840. The lowest BCUT2D eigenvalue weighted by Crippen LogP contribution is -2.37. The fourth-order valence-corrected chi connectivity index (χ4v) is 1.00. The predicted octanol–water partition coefficient (Wildman–Crippen LogP) is 1.94. The van der Waals surface area contributed by atoms with Crippen molar-refractivity contribution in [2.24, 2.45) is 0 Å². The molecule has 0 spiro atoms. The molecule has 0 bridgehead atoms. The fourth-order valence-electron chi connectivity index (χ4n) is 1.00. The summed E-state index contributed by atoms with van der Waals surface area (Å²) in [5, 5.41) is 9.95. The van der Waals surface area contributed by atoms with Gasteiger partial charge in [-0.2, -0.15) is 8.78 Å². The Bertz CT molecular complexity index is 307. The van der Waals surface area contributed by atoms with E-state index in [0.29, 0.717) is 13.0 Å². The Balaban J connectivity index is 2.38. The number of hydrogen-bond acceptors (Lipinski definition) is 4. The maximum atomic E-state index is 12.1. The Kier molecular flexibility index (Phi) is 3.73. The van der Waals surface area contributed by atoms with Gasteiger partial charge < -0.3 is 9.73 Å². The van der Waals surface area contributed by atoms with E-state index in [2.05, 4.69) is 15.5 Å². The van der Waals surface area contributed by atoms with Crippen molar-refractivity contribution in [1.82, 2.24) is 15.5 Å². The first kappa shape index (κ1) is 12.0. The van der Waals surface area contributed by atoms with Gasteiger partial charge in [-0.3, -0.25) is 0 Å². The Labute approximate surface area is 87.1 Å². The number of halogens is 2. The molecule has 1 N–H and O–H groups in total. The van der Waals surface area contributed by atoms with Gasteiger partial charge in [-0.1, -0.05) is 0 Å². The van der Waals surface area contributed by atoms with Gasteiger partial charge in [0.15, 0.2) is 0 Å². The van der Waals surface area contributed by atoms with Crippen LogP contribution < -0.4 is 5.32 Å². The van der Waals surface area contributed by atoms with Crippen LogP contribution in [0.15, 0.2) is 4.42 Å². The van der Waals surface area contributed by atoms with Gasteiger partial charge in [0, 0.05) is 18.5 Å². The van der Waals surface area contributed by atoms with Gasteiger partial charge in [-0.15, -0.1) is 10.2 Å². The number of nitrogens with zero attached hydrogens (tertiary/aromatic N) is 2. The van der Waals surface area contributed by atoms with Crippen molar-refractivity contribution in [2.75, 3.05) is 6.54 Å². The monoisotopic (exact) mass is 219 g/mol. The molecule has 0 radical (unpaired) electrons. The van der Waals surface area contributed by atoms with E-state index in [0.717, 1.165) is 0 Å². The zero-order valence-corrected chi connectivity index (χ0v) is 9.05. The topological polar surface area (TPSA) is 51.0 Å². The predicted molar refractivity (Wildman–Crippen MR) is 50.7 cm³/mol. The second kappa shape index (κ2) is 4.65. The molecule has 4 nitrogen and oxygen atoms in total. The van der Waals surface area contributed by atoms with Gasteiger partial charge in [-0.25, -0.2) is 0 Å². The van der Waals surface area contributed by atoms with Gasteiger partial charge in [0.2, 0.25) is 5.89 Å². The second-order valence-electron chi connectivity index (χ2n) is 4.26. The van der Waals surface area contributed by atoms with Crippen LogP contribution >= 0.6 is 0 Å². The molecule has 1 aromatic rings. The zero-order valence-electron chi connectivity index (χ0n) is 9.05. The van der Waals surface area contributed by atoms with Crippen LogP contribution in [-0.4, -0.2) is 22.3 Å². The second-order valence-corrected chi connectivity index (χ2v) is 4.26. The molecule has 0 saturated carbocycles. The third-order valence-corrected chi connectivity index (χ3v) is 1.66. The van der Waals surface area contributed by atoms with Gasteiger partial charge >= 0.3 is 6.43 Å². The van der Waals surface area contributed by atoms with Crippen molar-refractivity contribution in [1.29, 1.82) is 0 Å². The Morgan fingerprint density at radius 2 is 2.00 bits per heavy atom. The molecule has 15 heavy (non-hydrogen) atoms. The maximum absolute atomic E-state index is 12.1. The minimum atomic E-state index is -2.69. The largest absolute Gasteiger partial charge is 0.420 e. The van der Waals surface area contributed by atoms with Crippen LogP contribution in [-0.2, 0) is 6.42 Å². The molecule has 0 aromatic carbocycles. The molecular weight excluding hydrogens is 204 g/mol. The van der Waals surface area contributed by atoms with E-state index in [1.165, 1.54) is 0 Å². The summed E-state index contributed by atoms with van der Waals surface area (Å²) in [6.07, 6.45) is -2.24. The first-order valence-corrected chi connectivity index (χ1v) is 4.74. The van der Waals surface area contributed by atoms with E-state index < -0.39 is 12.3 Å². The molecule has 86 valence electrons. The molecule has 1 heterocycles. The van der Waals surface area contributed by atoms with Crippen molar-refractivity contribution in [3.63, 3.8) is 0 Å². The average molecular weight is 219 g/mol. The van der Waals surface area contributed by atoms with Gasteiger partial charge in [0.1, 0.15) is 0 Å². The van der Waals surface area contributed by atoms with Crippen molar-refractivity contribution in [2.45, 2.75) is 39.2 Å². The highest BCUT2D eigenvalue weighted by molar-refractivity contribution is 4.84. The van der Waals surface area contributed by atoms with E-state index in [9.17, 15) is 8.78 Å². The minimum absolute atomic E-state index is 0.00837. The lowest BCUT2D eigenvalue weighted by Gasteiger charge is -2.19. The van der Waals surface area contributed by atoms with Crippen molar-refractivity contribution < 1.29 is 13.2 Å². The van der Waals surface area contributed by atoms with Crippen LogP contribution in [0.5, 0.6) is 0 Å². The first-order valence-electron chi connectivity index (χ1n) is 4.74. The van der Waals surface area contributed by atoms with Crippen LogP contribution in [0.25, 0.3) is 0 Å². The van der Waals surface area contributed by atoms with Crippen molar-refractivity contribution in [3.05, 3.63) is 11.8 Å². The number of rotatable bonds is 4. The molecule has 0 fully saturated rings. The summed E-state index contributed by atoms with van der Waals surface area (Å²) in [6.45, 7) is 6.68. The number of aromatic nitrogens is 2. The summed E-state index contributed by atoms with van der Waals surface area (Å²) in [6, 6.07) is 0. The number of alkyl halides is 2. The van der Waals surface area contributed by atoms with E-state index in [1.54, 1.807) is 0 Å². The summed E-state index contributed by atoms with van der Waals surface area (Å²) in [5.74, 6) is -0.372. The standard InChI is InChI=1S/C9H15F2N3O/c1-9(2,3)12-5-4-6-13-14-8(15-6)7(10)11/h7,12H,4-5H2,1-3H3. The molecule has 0 unspecified atom stereocenters. The fraction of sp³-hybridized carbons (Fsp3) is 0.778. The Hall–Kier alpha value is -1.04. The summed E-state index contributed by atoms with van der Waals surface area (Å²) < 4.78 is 28.9. The third kappa shape index (κ3) is 4.33. The van der Waals surface area contributed by atoms with E-state index in [1.807, 2.05) is 20.8 Å². The lowest BCUT2D eigenvalue weighted by atomic mass is 10.1. The SMILES string of the molecule is CC(C)(C)NCCc1nnc(C(F)F)o1. The zero-order chi connectivity index (χ0) is 11.5. The smallest absolute Gasteiger partial charge is 0.314 e. The minimum Gasteiger partial charge on any atom is -0.420 e. The first-order chi connectivity index (χ1) is 6.88. The highest BCUT2D eigenvalue weighted by atomic mass is 19.3.